The summed E-state index contributed by atoms with van der Waals surface area (Å²) in [6.07, 6.45) is 2.42. The van der Waals surface area contributed by atoms with Gasteiger partial charge in [0.25, 0.3) is 0 Å². The lowest BCUT2D eigenvalue weighted by molar-refractivity contribution is -0.155. The number of barbiturate groups is 1. The standard InChI is InChI=1S/C13H19N3O4/c1-8(9(17)15(2)3)16-11(19)13(6-4-5-7-13)10(18)14-12(16)20/h8H,4-7H2,1-3H3,(H,14,18,20). The van der Waals surface area contributed by atoms with Crippen molar-refractivity contribution in [1.29, 1.82) is 0 Å². The van der Waals surface area contributed by atoms with Crippen LogP contribution in [0.4, 0.5) is 4.79 Å². The van der Waals surface area contributed by atoms with Crippen molar-refractivity contribution in [3.63, 3.8) is 0 Å². The highest BCUT2D eigenvalue weighted by Crippen LogP contribution is 2.42. The van der Waals surface area contributed by atoms with Crippen molar-refractivity contribution in [3.8, 4) is 0 Å². The largest absolute Gasteiger partial charge is 0.347 e. The van der Waals surface area contributed by atoms with Crippen molar-refractivity contribution in [3.05, 3.63) is 0 Å². The summed E-state index contributed by atoms with van der Waals surface area (Å²) < 4.78 is 0. The van der Waals surface area contributed by atoms with E-state index in [0.29, 0.717) is 12.8 Å². The molecule has 1 spiro atoms. The maximum absolute atomic E-state index is 12.6. The van der Waals surface area contributed by atoms with E-state index in [4.69, 9.17) is 0 Å². The Morgan fingerprint density at radius 1 is 1.25 bits per heavy atom. The SMILES string of the molecule is CC(C(=O)N(C)C)N1C(=O)NC(=O)C2(CCCC2)C1=O. The first-order valence-corrected chi connectivity index (χ1v) is 6.71. The minimum absolute atomic E-state index is 0.351. The summed E-state index contributed by atoms with van der Waals surface area (Å²) in [5, 5.41) is 2.22. The molecule has 1 saturated heterocycles. The van der Waals surface area contributed by atoms with Crippen molar-refractivity contribution in [2.45, 2.75) is 38.6 Å². The molecule has 0 radical (unpaired) electrons. The Balaban J connectivity index is 2.33. The van der Waals surface area contributed by atoms with Crippen molar-refractivity contribution in [2.24, 2.45) is 5.41 Å². The summed E-state index contributed by atoms with van der Waals surface area (Å²) in [4.78, 5) is 50.8. The Morgan fingerprint density at radius 3 is 2.30 bits per heavy atom. The lowest BCUT2D eigenvalue weighted by Crippen LogP contribution is -2.66. The number of nitrogens with one attached hydrogen (secondary N) is 1. The number of imide groups is 2. The Morgan fingerprint density at radius 2 is 1.80 bits per heavy atom. The van der Waals surface area contributed by atoms with Crippen LogP contribution in [0.1, 0.15) is 32.6 Å². The number of hydrogen-bond acceptors (Lipinski definition) is 4. The maximum atomic E-state index is 12.6. The molecule has 0 aromatic rings. The summed E-state index contributed by atoms with van der Waals surface area (Å²) in [5.41, 5.74) is -1.16. The average Bonchev–Trinajstić information content (AvgIpc) is 2.86. The number of urea groups is 1. The molecule has 20 heavy (non-hydrogen) atoms. The molecule has 1 aliphatic heterocycles. The molecule has 5 amide bonds. The van der Waals surface area contributed by atoms with Crippen LogP contribution in [-0.4, -0.2) is 53.7 Å². The molecule has 0 aromatic carbocycles. The molecular weight excluding hydrogens is 262 g/mol. The number of rotatable bonds is 2. The van der Waals surface area contributed by atoms with Crippen molar-refractivity contribution < 1.29 is 19.2 Å². The van der Waals surface area contributed by atoms with Gasteiger partial charge in [-0.15, -0.1) is 0 Å². The lowest BCUT2D eigenvalue weighted by atomic mass is 9.81. The van der Waals surface area contributed by atoms with Gasteiger partial charge in [-0.25, -0.2) is 4.79 Å². The van der Waals surface area contributed by atoms with Crippen LogP contribution in [0.15, 0.2) is 0 Å². The second kappa shape index (κ2) is 4.88. The van der Waals surface area contributed by atoms with Gasteiger partial charge in [-0.3, -0.25) is 24.6 Å². The van der Waals surface area contributed by atoms with Crippen LogP contribution in [0, 0.1) is 5.41 Å². The fraction of sp³-hybridized carbons (Fsp3) is 0.692. The molecule has 1 heterocycles. The lowest BCUT2D eigenvalue weighted by Gasteiger charge is -2.39. The summed E-state index contributed by atoms with van der Waals surface area (Å²) in [5.74, 6) is -1.41. The molecule has 0 bridgehead atoms. The van der Waals surface area contributed by atoms with Crippen LogP contribution < -0.4 is 5.32 Å². The number of carbonyl (C=O) groups excluding carboxylic acids is 4. The highest BCUT2D eigenvalue weighted by Gasteiger charge is 2.56. The minimum atomic E-state index is -1.16. The smallest absolute Gasteiger partial charge is 0.331 e. The van der Waals surface area contributed by atoms with Gasteiger partial charge < -0.3 is 4.90 Å². The quantitative estimate of drug-likeness (QED) is 0.727. The van der Waals surface area contributed by atoms with Crippen LogP contribution in [0.5, 0.6) is 0 Å². The van der Waals surface area contributed by atoms with Crippen LogP contribution >= 0.6 is 0 Å². The molecule has 1 saturated carbocycles. The molecule has 1 aliphatic carbocycles. The first-order valence-electron chi connectivity index (χ1n) is 6.71. The molecule has 2 rings (SSSR count). The highest BCUT2D eigenvalue weighted by molar-refractivity contribution is 6.20. The van der Waals surface area contributed by atoms with Gasteiger partial charge in [-0.1, -0.05) is 12.8 Å². The molecule has 7 nitrogen and oxygen atoms in total. The second-order valence-electron chi connectivity index (χ2n) is 5.63. The van der Waals surface area contributed by atoms with Crippen LogP contribution in [0.2, 0.25) is 0 Å². The molecule has 2 fully saturated rings. The second-order valence-corrected chi connectivity index (χ2v) is 5.63. The predicted octanol–water partition coefficient (Wildman–Crippen LogP) is 0.102. The van der Waals surface area contributed by atoms with E-state index in [2.05, 4.69) is 5.32 Å². The van der Waals surface area contributed by atoms with E-state index >= 15 is 0 Å². The van der Waals surface area contributed by atoms with E-state index in [1.54, 1.807) is 14.1 Å². The van der Waals surface area contributed by atoms with Crippen molar-refractivity contribution >= 4 is 23.8 Å². The van der Waals surface area contributed by atoms with Crippen molar-refractivity contribution in [2.75, 3.05) is 14.1 Å². The molecule has 1 N–H and O–H groups in total. The van der Waals surface area contributed by atoms with E-state index in [0.717, 1.165) is 17.7 Å². The molecule has 1 unspecified atom stereocenters. The number of hydrogen-bond donors (Lipinski definition) is 1. The van der Waals surface area contributed by atoms with Gasteiger partial charge in [0.2, 0.25) is 17.7 Å². The zero-order chi connectivity index (χ0) is 15.1. The van der Waals surface area contributed by atoms with Crippen LogP contribution in [0.25, 0.3) is 0 Å². The van der Waals surface area contributed by atoms with E-state index in [1.807, 2.05) is 0 Å². The summed E-state index contributed by atoms with van der Waals surface area (Å²) in [6, 6.07) is -1.72. The molecule has 2 aliphatic rings. The highest BCUT2D eigenvalue weighted by atomic mass is 16.2. The van der Waals surface area contributed by atoms with E-state index in [9.17, 15) is 19.2 Å². The first kappa shape index (κ1) is 14.5. The third kappa shape index (κ3) is 1.97. The van der Waals surface area contributed by atoms with Gasteiger partial charge in [0.05, 0.1) is 0 Å². The molecular formula is C13H19N3O4. The van der Waals surface area contributed by atoms with E-state index in [1.165, 1.54) is 11.8 Å². The third-order valence-electron chi connectivity index (χ3n) is 4.14. The number of nitrogens with zero attached hydrogens (tertiary/aromatic N) is 2. The van der Waals surface area contributed by atoms with Crippen LogP contribution in [-0.2, 0) is 14.4 Å². The Bertz CT molecular complexity index is 480. The number of carbonyl (C=O) groups is 4. The van der Waals surface area contributed by atoms with Gasteiger partial charge >= 0.3 is 6.03 Å². The van der Waals surface area contributed by atoms with Crippen LogP contribution in [0.3, 0.4) is 0 Å². The molecule has 0 aromatic heterocycles. The first-order chi connectivity index (χ1) is 9.31. The molecule has 110 valence electrons. The van der Waals surface area contributed by atoms with E-state index in [-0.39, 0.29) is 5.91 Å². The fourth-order valence-corrected chi connectivity index (χ4v) is 2.95. The Labute approximate surface area is 117 Å². The van der Waals surface area contributed by atoms with Crippen molar-refractivity contribution in [1.82, 2.24) is 15.1 Å². The fourth-order valence-electron chi connectivity index (χ4n) is 2.95. The van der Waals surface area contributed by atoms with Gasteiger partial charge in [-0.2, -0.15) is 0 Å². The monoisotopic (exact) mass is 281 g/mol. The normalized spacial score (nSPS) is 22.9. The Kier molecular flexibility index (Phi) is 3.54. The molecule has 7 heteroatoms. The predicted molar refractivity (Wildman–Crippen MR) is 69.4 cm³/mol. The third-order valence-corrected chi connectivity index (χ3v) is 4.14. The minimum Gasteiger partial charge on any atom is -0.347 e. The zero-order valence-corrected chi connectivity index (χ0v) is 11.9. The average molecular weight is 281 g/mol. The topological polar surface area (TPSA) is 86.8 Å². The number of likely N-dealkylation sites (N-methyl/N-ethyl adjacent to an activating group) is 1. The van der Waals surface area contributed by atoms with Gasteiger partial charge in [0, 0.05) is 14.1 Å². The summed E-state index contributed by atoms with van der Waals surface area (Å²) in [6.45, 7) is 1.50. The zero-order valence-electron chi connectivity index (χ0n) is 11.9. The Hall–Kier alpha value is -1.92. The molecule has 1 atom stereocenters. The number of amides is 5. The van der Waals surface area contributed by atoms with E-state index < -0.39 is 29.3 Å². The van der Waals surface area contributed by atoms with Gasteiger partial charge in [0.1, 0.15) is 11.5 Å². The van der Waals surface area contributed by atoms with Gasteiger partial charge in [-0.05, 0) is 19.8 Å². The summed E-state index contributed by atoms with van der Waals surface area (Å²) >= 11 is 0. The maximum Gasteiger partial charge on any atom is 0.331 e. The summed E-state index contributed by atoms with van der Waals surface area (Å²) in [7, 11) is 3.11. The van der Waals surface area contributed by atoms with Gasteiger partial charge in [0.15, 0.2) is 0 Å².